The molecule has 21 heavy (non-hydrogen) atoms. The number of imidazole rings is 1. The molecule has 4 heteroatoms. The summed E-state index contributed by atoms with van der Waals surface area (Å²) in [7, 11) is 0. The van der Waals surface area contributed by atoms with Gasteiger partial charge in [0.2, 0.25) is 0 Å². The summed E-state index contributed by atoms with van der Waals surface area (Å²) in [6.45, 7) is 4.38. The minimum absolute atomic E-state index is 0.497. The van der Waals surface area contributed by atoms with Gasteiger partial charge in [-0.3, -0.25) is 0 Å². The van der Waals surface area contributed by atoms with E-state index in [2.05, 4.69) is 48.1 Å². The second kappa shape index (κ2) is 5.40. The second-order valence-electron chi connectivity index (χ2n) is 5.35. The first-order valence-corrected chi connectivity index (χ1v) is 7.00. The lowest BCUT2D eigenvalue weighted by Crippen LogP contribution is -1.99. The van der Waals surface area contributed by atoms with Crippen molar-refractivity contribution in [2.24, 2.45) is 0 Å². The molecule has 106 valence electrons. The highest BCUT2D eigenvalue weighted by Gasteiger charge is 2.07. The molecule has 0 aliphatic heterocycles. The number of nitrogens with two attached hydrogens (primary N) is 1. The summed E-state index contributed by atoms with van der Waals surface area (Å²) in [6, 6.07) is 12.3. The van der Waals surface area contributed by atoms with E-state index >= 15 is 0 Å². The molecule has 0 unspecified atom stereocenters. The Morgan fingerprint density at radius 2 is 1.81 bits per heavy atom. The minimum Gasteiger partial charge on any atom is -0.382 e. The van der Waals surface area contributed by atoms with Gasteiger partial charge >= 0.3 is 0 Å². The molecule has 0 aliphatic rings. The summed E-state index contributed by atoms with van der Waals surface area (Å²) in [4.78, 5) is 8.56. The van der Waals surface area contributed by atoms with Crippen LogP contribution in [0, 0.1) is 0 Å². The normalized spacial score (nSPS) is 11.0. The molecule has 0 radical (unpaired) electrons. The van der Waals surface area contributed by atoms with E-state index < -0.39 is 0 Å². The Bertz CT molecular complexity index is 741. The lowest BCUT2D eigenvalue weighted by Gasteiger charge is -2.05. The van der Waals surface area contributed by atoms with E-state index in [1.807, 2.05) is 22.9 Å². The zero-order valence-electron chi connectivity index (χ0n) is 12.2. The van der Waals surface area contributed by atoms with Crippen LogP contribution >= 0.6 is 0 Å². The van der Waals surface area contributed by atoms with Gasteiger partial charge in [-0.25, -0.2) is 9.97 Å². The third-order valence-electron chi connectivity index (χ3n) is 3.55. The molecule has 0 amide bonds. The molecule has 0 fully saturated rings. The molecule has 3 aromatic rings. The number of pyridine rings is 1. The summed E-state index contributed by atoms with van der Waals surface area (Å²) in [5.41, 5.74) is 10.1. The lowest BCUT2D eigenvalue weighted by atomic mass is 10.0. The molecular weight excluding hydrogens is 260 g/mol. The zero-order chi connectivity index (χ0) is 14.8. The first-order chi connectivity index (χ1) is 10.1. The first kappa shape index (κ1) is 13.4. The Labute approximate surface area is 124 Å². The molecule has 2 N–H and O–H groups in total. The number of nitrogen functional groups attached to an aromatic ring is 1. The predicted octanol–water partition coefficient (Wildman–Crippen LogP) is 3.64. The van der Waals surface area contributed by atoms with Crippen molar-refractivity contribution in [3.8, 4) is 16.9 Å². The Balaban J connectivity index is 1.93. The molecule has 0 saturated heterocycles. The first-order valence-electron chi connectivity index (χ1n) is 7.00. The van der Waals surface area contributed by atoms with Crippen molar-refractivity contribution in [1.82, 2.24) is 14.5 Å². The van der Waals surface area contributed by atoms with Gasteiger partial charge in [0.1, 0.15) is 12.1 Å². The quantitative estimate of drug-likeness (QED) is 0.795. The van der Waals surface area contributed by atoms with Gasteiger partial charge in [-0.15, -0.1) is 0 Å². The van der Waals surface area contributed by atoms with Gasteiger partial charge in [0, 0.05) is 18.0 Å². The highest BCUT2D eigenvalue weighted by molar-refractivity contribution is 5.61. The van der Waals surface area contributed by atoms with Gasteiger partial charge in [0.25, 0.3) is 0 Å². The third-order valence-corrected chi connectivity index (χ3v) is 3.55. The van der Waals surface area contributed by atoms with Crippen LogP contribution in [0.15, 0.2) is 55.1 Å². The van der Waals surface area contributed by atoms with Crippen LogP contribution in [0.1, 0.15) is 25.3 Å². The molecule has 0 atom stereocenters. The predicted molar refractivity (Wildman–Crippen MR) is 85.3 cm³/mol. The van der Waals surface area contributed by atoms with Crippen LogP contribution < -0.4 is 5.73 Å². The Kier molecular flexibility index (Phi) is 3.44. The maximum absolute atomic E-state index is 5.89. The smallest absolute Gasteiger partial charge is 0.147 e. The Morgan fingerprint density at radius 3 is 2.48 bits per heavy atom. The molecular formula is C17H18N4. The zero-order valence-corrected chi connectivity index (χ0v) is 12.2. The van der Waals surface area contributed by atoms with Crippen molar-refractivity contribution >= 4 is 5.82 Å². The fourth-order valence-electron chi connectivity index (χ4n) is 2.27. The molecule has 1 aromatic carbocycles. The van der Waals surface area contributed by atoms with Gasteiger partial charge < -0.3 is 10.3 Å². The number of anilines is 1. The molecule has 0 spiro atoms. The van der Waals surface area contributed by atoms with Gasteiger partial charge in [0.05, 0.1) is 11.4 Å². The van der Waals surface area contributed by atoms with Crippen LogP contribution in [0.5, 0.6) is 0 Å². The van der Waals surface area contributed by atoms with Gasteiger partial charge in [-0.1, -0.05) is 38.1 Å². The van der Waals surface area contributed by atoms with E-state index in [0.717, 1.165) is 16.9 Å². The van der Waals surface area contributed by atoms with Crippen LogP contribution in [-0.4, -0.2) is 14.5 Å². The number of rotatable bonds is 3. The molecule has 0 saturated carbocycles. The van der Waals surface area contributed by atoms with Crippen molar-refractivity contribution in [2.75, 3.05) is 5.73 Å². The summed E-state index contributed by atoms with van der Waals surface area (Å²) >= 11 is 0. The van der Waals surface area contributed by atoms with E-state index in [0.29, 0.717) is 11.7 Å². The number of hydrogen-bond donors (Lipinski definition) is 1. The van der Waals surface area contributed by atoms with Crippen molar-refractivity contribution in [1.29, 1.82) is 0 Å². The second-order valence-corrected chi connectivity index (χ2v) is 5.35. The van der Waals surface area contributed by atoms with Gasteiger partial charge in [-0.2, -0.15) is 0 Å². The number of aromatic nitrogens is 3. The van der Waals surface area contributed by atoms with Crippen LogP contribution in [0.2, 0.25) is 0 Å². The van der Waals surface area contributed by atoms with Crippen LogP contribution in [0.3, 0.4) is 0 Å². The standard InChI is InChI=1S/C17H18N4/c1-12(2)13-5-7-14(8-6-13)15-10-21(11-20-15)16-4-3-9-19-17(16)18/h3-12H,1-2H3,(H2,18,19). The molecule has 0 aliphatic carbocycles. The van der Waals surface area contributed by atoms with Crippen molar-refractivity contribution in [3.63, 3.8) is 0 Å². The molecule has 0 bridgehead atoms. The number of nitrogens with zero attached hydrogens (tertiary/aromatic N) is 3. The van der Waals surface area contributed by atoms with Crippen LogP contribution in [0.4, 0.5) is 5.82 Å². The summed E-state index contributed by atoms with van der Waals surface area (Å²) in [5, 5.41) is 0. The maximum Gasteiger partial charge on any atom is 0.147 e. The van der Waals surface area contributed by atoms with E-state index in [9.17, 15) is 0 Å². The monoisotopic (exact) mass is 278 g/mol. The molecule has 2 heterocycles. The minimum atomic E-state index is 0.497. The maximum atomic E-state index is 5.89. The molecule has 2 aromatic heterocycles. The van der Waals surface area contributed by atoms with Gasteiger partial charge in [-0.05, 0) is 23.6 Å². The topological polar surface area (TPSA) is 56.7 Å². The Hall–Kier alpha value is -2.62. The van der Waals surface area contributed by atoms with Crippen molar-refractivity contribution < 1.29 is 0 Å². The largest absolute Gasteiger partial charge is 0.382 e. The van der Waals surface area contributed by atoms with E-state index in [4.69, 9.17) is 5.73 Å². The lowest BCUT2D eigenvalue weighted by molar-refractivity contribution is 0.867. The van der Waals surface area contributed by atoms with Gasteiger partial charge in [0.15, 0.2) is 0 Å². The van der Waals surface area contributed by atoms with E-state index in [1.54, 1.807) is 12.5 Å². The van der Waals surface area contributed by atoms with Crippen molar-refractivity contribution in [2.45, 2.75) is 19.8 Å². The number of hydrogen-bond acceptors (Lipinski definition) is 3. The van der Waals surface area contributed by atoms with Crippen LogP contribution in [0.25, 0.3) is 16.9 Å². The summed E-state index contributed by atoms with van der Waals surface area (Å²) in [5.74, 6) is 1.03. The average molecular weight is 278 g/mol. The fraction of sp³-hybridized carbons (Fsp3) is 0.176. The summed E-state index contributed by atoms with van der Waals surface area (Å²) < 4.78 is 1.90. The molecule has 3 rings (SSSR count). The fourth-order valence-corrected chi connectivity index (χ4v) is 2.27. The van der Waals surface area contributed by atoms with E-state index in [-0.39, 0.29) is 0 Å². The summed E-state index contributed by atoms with van der Waals surface area (Å²) in [6.07, 6.45) is 5.41. The average Bonchev–Trinajstić information content (AvgIpc) is 2.97. The number of benzene rings is 1. The van der Waals surface area contributed by atoms with E-state index in [1.165, 1.54) is 5.56 Å². The highest BCUT2D eigenvalue weighted by atomic mass is 15.1. The van der Waals surface area contributed by atoms with Crippen molar-refractivity contribution in [3.05, 3.63) is 60.7 Å². The van der Waals surface area contributed by atoms with Crippen LogP contribution in [-0.2, 0) is 0 Å². The third kappa shape index (κ3) is 2.65. The highest BCUT2D eigenvalue weighted by Crippen LogP contribution is 2.23. The Morgan fingerprint density at radius 1 is 1.05 bits per heavy atom. The molecule has 4 nitrogen and oxygen atoms in total. The SMILES string of the molecule is CC(C)c1ccc(-c2cn(-c3cccnc3N)cn2)cc1.